The number of benzene rings is 1. The predicted molar refractivity (Wildman–Crippen MR) is 77.6 cm³/mol. The Balaban J connectivity index is 1.89. The molecular weight excluding hydrogens is 263 g/mol. The molecule has 2 N–H and O–H groups in total. The Kier molecular flexibility index (Phi) is 4.52. The SMILES string of the molecule is Fc1ccccc1NC(=S)N/N=C\c1cccnc1. The van der Waals surface area contributed by atoms with Gasteiger partial charge in [-0.3, -0.25) is 10.4 Å². The summed E-state index contributed by atoms with van der Waals surface area (Å²) in [6.07, 6.45) is 4.91. The van der Waals surface area contributed by atoms with Gasteiger partial charge in [0.15, 0.2) is 5.11 Å². The molecule has 0 fully saturated rings. The van der Waals surface area contributed by atoms with Gasteiger partial charge in [-0.05, 0) is 30.4 Å². The first kappa shape index (κ1) is 13.1. The fraction of sp³-hybridized carbons (Fsp3) is 0. The zero-order valence-corrected chi connectivity index (χ0v) is 10.7. The Morgan fingerprint density at radius 1 is 1.26 bits per heavy atom. The van der Waals surface area contributed by atoms with E-state index in [4.69, 9.17) is 12.2 Å². The average Bonchev–Trinajstić information content (AvgIpc) is 2.43. The molecule has 0 saturated heterocycles. The van der Waals surface area contributed by atoms with Crippen LogP contribution >= 0.6 is 12.2 Å². The topological polar surface area (TPSA) is 49.3 Å². The molecular formula is C13H11FN4S. The van der Waals surface area contributed by atoms with Crippen molar-refractivity contribution in [2.24, 2.45) is 5.10 Å². The number of hydrogen-bond donors (Lipinski definition) is 2. The van der Waals surface area contributed by atoms with E-state index in [-0.39, 0.29) is 10.9 Å². The molecule has 0 aliphatic carbocycles. The number of hydrazone groups is 1. The van der Waals surface area contributed by atoms with Gasteiger partial charge in [-0.1, -0.05) is 18.2 Å². The number of anilines is 1. The molecule has 0 bridgehead atoms. The van der Waals surface area contributed by atoms with E-state index in [0.29, 0.717) is 5.69 Å². The van der Waals surface area contributed by atoms with Gasteiger partial charge in [-0.2, -0.15) is 5.10 Å². The lowest BCUT2D eigenvalue weighted by atomic mass is 10.3. The second-order valence-corrected chi connectivity index (χ2v) is 4.00. The van der Waals surface area contributed by atoms with E-state index in [1.807, 2.05) is 6.07 Å². The Hall–Kier alpha value is -2.34. The lowest BCUT2D eigenvalue weighted by Gasteiger charge is -2.07. The van der Waals surface area contributed by atoms with Crippen LogP contribution < -0.4 is 10.7 Å². The third kappa shape index (κ3) is 4.11. The van der Waals surface area contributed by atoms with Crippen molar-refractivity contribution in [2.75, 3.05) is 5.32 Å². The van der Waals surface area contributed by atoms with Crippen molar-refractivity contribution in [3.63, 3.8) is 0 Å². The molecule has 4 nitrogen and oxygen atoms in total. The minimum atomic E-state index is -0.372. The smallest absolute Gasteiger partial charge is 0.191 e. The molecule has 0 aliphatic heterocycles. The standard InChI is InChI=1S/C13H11FN4S/c14-11-5-1-2-6-12(11)17-13(19)18-16-9-10-4-3-7-15-8-10/h1-9H,(H2,17,18,19)/b16-9-. The van der Waals surface area contributed by atoms with E-state index in [1.54, 1.807) is 42.9 Å². The highest BCUT2D eigenvalue weighted by molar-refractivity contribution is 7.80. The molecule has 0 unspecified atom stereocenters. The number of pyridine rings is 1. The molecule has 6 heteroatoms. The van der Waals surface area contributed by atoms with Crippen molar-refractivity contribution < 1.29 is 4.39 Å². The number of aromatic nitrogens is 1. The third-order valence-electron chi connectivity index (χ3n) is 2.19. The normalized spacial score (nSPS) is 10.4. The van der Waals surface area contributed by atoms with Crippen molar-refractivity contribution in [2.45, 2.75) is 0 Å². The van der Waals surface area contributed by atoms with Gasteiger partial charge < -0.3 is 5.32 Å². The zero-order chi connectivity index (χ0) is 13.5. The maximum absolute atomic E-state index is 13.3. The second-order valence-electron chi connectivity index (χ2n) is 3.59. The molecule has 2 aromatic rings. The van der Waals surface area contributed by atoms with Crippen LogP contribution in [0.5, 0.6) is 0 Å². The summed E-state index contributed by atoms with van der Waals surface area (Å²) in [7, 11) is 0. The zero-order valence-electron chi connectivity index (χ0n) is 9.88. The molecule has 0 aliphatic rings. The quantitative estimate of drug-likeness (QED) is 0.513. The van der Waals surface area contributed by atoms with Gasteiger partial charge in [0, 0.05) is 18.0 Å². The van der Waals surface area contributed by atoms with Crippen molar-refractivity contribution in [1.82, 2.24) is 10.4 Å². The van der Waals surface area contributed by atoms with Gasteiger partial charge in [0.2, 0.25) is 0 Å². The van der Waals surface area contributed by atoms with E-state index in [9.17, 15) is 4.39 Å². The Morgan fingerprint density at radius 3 is 2.84 bits per heavy atom. The molecule has 2 rings (SSSR count). The van der Waals surface area contributed by atoms with Crippen molar-refractivity contribution >= 4 is 29.2 Å². The molecule has 1 heterocycles. The van der Waals surface area contributed by atoms with Gasteiger partial charge >= 0.3 is 0 Å². The number of para-hydroxylation sites is 1. The summed E-state index contributed by atoms with van der Waals surface area (Å²) in [5.74, 6) is -0.372. The lowest BCUT2D eigenvalue weighted by molar-refractivity contribution is 0.632. The van der Waals surface area contributed by atoms with Crippen LogP contribution in [-0.4, -0.2) is 16.3 Å². The van der Waals surface area contributed by atoms with Gasteiger partial charge in [0.05, 0.1) is 11.9 Å². The van der Waals surface area contributed by atoms with Crippen molar-refractivity contribution in [1.29, 1.82) is 0 Å². The summed E-state index contributed by atoms with van der Waals surface area (Å²) < 4.78 is 13.3. The Labute approximate surface area is 115 Å². The van der Waals surface area contributed by atoms with E-state index in [1.165, 1.54) is 6.07 Å². The molecule has 0 saturated carbocycles. The highest BCUT2D eigenvalue weighted by Crippen LogP contribution is 2.11. The van der Waals surface area contributed by atoms with Crippen LogP contribution in [0.2, 0.25) is 0 Å². The predicted octanol–water partition coefficient (Wildman–Crippen LogP) is 2.54. The number of halogens is 1. The summed E-state index contributed by atoms with van der Waals surface area (Å²) in [5.41, 5.74) is 3.74. The minimum Gasteiger partial charge on any atom is -0.329 e. The first-order chi connectivity index (χ1) is 9.25. The van der Waals surface area contributed by atoms with Crippen LogP contribution in [0.1, 0.15) is 5.56 Å². The highest BCUT2D eigenvalue weighted by atomic mass is 32.1. The summed E-state index contributed by atoms with van der Waals surface area (Å²) in [6, 6.07) is 9.92. The number of rotatable bonds is 3. The van der Waals surface area contributed by atoms with Crippen LogP contribution in [0, 0.1) is 5.82 Å². The van der Waals surface area contributed by atoms with E-state index in [2.05, 4.69) is 20.8 Å². The fourth-order valence-electron chi connectivity index (χ4n) is 1.33. The largest absolute Gasteiger partial charge is 0.329 e. The molecule has 0 atom stereocenters. The molecule has 0 amide bonds. The first-order valence-electron chi connectivity index (χ1n) is 5.50. The fourth-order valence-corrected chi connectivity index (χ4v) is 1.49. The minimum absolute atomic E-state index is 0.213. The Bertz CT molecular complexity index is 586. The molecule has 0 spiro atoms. The van der Waals surface area contributed by atoms with Crippen LogP contribution in [0.15, 0.2) is 53.9 Å². The van der Waals surface area contributed by atoms with E-state index < -0.39 is 0 Å². The van der Waals surface area contributed by atoms with Gasteiger partial charge in [-0.15, -0.1) is 0 Å². The summed E-state index contributed by atoms with van der Waals surface area (Å²) in [6.45, 7) is 0. The van der Waals surface area contributed by atoms with Crippen LogP contribution in [-0.2, 0) is 0 Å². The number of thiocarbonyl (C=S) groups is 1. The van der Waals surface area contributed by atoms with Gasteiger partial charge in [0.1, 0.15) is 5.82 Å². The number of hydrogen-bond acceptors (Lipinski definition) is 3. The molecule has 0 radical (unpaired) electrons. The Morgan fingerprint density at radius 2 is 2.11 bits per heavy atom. The lowest BCUT2D eigenvalue weighted by Crippen LogP contribution is -2.24. The second kappa shape index (κ2) is 6.55. The average molecular weight is 274 g/mol. The van der Waals surface area contributed by atoms with E-state index in [0.717, 1.165) is 5.56 Å². The van der Waals surface area contributed by atoms with Gasteiger partial charge in [0.25, 0.3) is 0 Å². The highest BCUT2D eigenvalue weighted by Gasteiger charge is 2.01. The number of nitrogens with zero attached hydrogens (tertiary/aromatic N) is 2. The molecule has 1 aromatic carbocycles. The summed E-state index contributed by atoms with van der Waals surface area (Å²) >= 11 is 4.99. The molecule has 1 aromatic heterocycles. The maximum atomic E-state index is 13.3. The van der Waals surface area contributed by atoms with Crippen LogP contribution in [0.4, 0.5) is 10.1 Å². The van der Waals surface area contributed by atoms with Crippen LogP contribution in [0.25, 0.3) is 0 Å². The summed E-state index contributed by atoms with van der Waals surface area (Å²) in [5, 5.41) is 6.85. The van der Waals surface area contributed by atoms with Crippen molar-refractivity contribution in [3.05, 3.63) is 60.2 Å². The first-order valence-corrected chi connectivity index (χ1v) is 5.91. The maximum Gasteiger partial charge on any atom is 0.191 e. The van der Waals surface area contributed by atoms with Gasteiger partial charge in [-0.25, -0.2) is 4.39 Å². The number of nitrogens with one attached hydrogen (secondary N) is 2. The monoisotopic (exact) mass is 274 g/mol. The van der Waals surface area contributed by atoms with E-state index >= 15 is 0 Å². The van der Waals surface area contributed by atoms with Crippen LogP contribution in [0.3, 0.4) is 0 Å². The third-order valence-corrected chi connectivity index (χ3v) is 2.38. The van der Waals surface area contributed by atoms with Crippen molar-refractivity contribution in [3.8, 4) is 0 Å². The summed E-state index contributed by atoms with van der Waals surface area (Å²) in [4.78, 5) is 3.94. The molecule has 96 valence electrons. The molecule has 19 heavy (non-hydrogen) atoms.